The van der Waals surface area contributed by atoms with Crippen molar-refractivity contribution in [3.8, 4) is 0 Å². The van der Waals surface area contributed by atoms with Crippen molar-refractivity contribution in [3.63, 3.8) is 0 Å². The van der Waals surface area contributed by atoms with Crippen LogP contribution in [0, 0.1) is 5.92 Å². The number of rotatable bonds is 7. The Kier molecular flexibility index (Phi) is 6.14. The summed E-state index contributed by atoms with van der Waals surface area (Å²) in [6, 6.07) is 16.8. The number of sulfonamides is 1. The summed E-state index contributed by atoms with van der Waals surface area (Å²) in [4.78, 5) is 16.7. The monoisotopic (exact) mass is 399 g/mol. The minimum atomic E-state index is -3.55. The van der Waals surface area contributed by atoms with Crippen LogP contribution in [-0.2, 0) is 14.8 Å². The van der Waals surface area contributed by atoms with Gasteiger partial charge in [-0.25, -0.2) is 8.42 Å². The van der Waals surface area contributed by atoms with E-state index in [9.17, 15) is 13.2 Å². The largest absolute Gasteiger partial charge is 0.355 e. The summed E-state index contributed by atoms with van der Waals surface area (Å²) in [5.41, 5.74) is 1.75. The Bertz CT molecular complexity index is 969. The molecule has 28 heavy (non-hydrogen) atoms. The average molecular weight is 400 g/mol. The molecule has 1 aliphatic heterocycles. The molecule has 3 rings (SSSR count). The number of hydrogen-bond acceptors (Lipinski definition) is 4. The summed E-state index contributed by atoms with van der Waals surface area (Å²) in [5, 5.41) is 2.98. The molecule has 0 fully saturated rings. The van der Waals surface area contributed by atoms with E-state index in [1.54, 1.807) is 24.3 Å². The predicted molar refractivity (Wildman–Crippen MR) is 110 cm³/mol. The topological polar surface area (TPSA) is 87.6 Å². The zero-order valence-corrected chi connectivity index (χ0v) is 16.9. The third kappa shape index (κ3) is 4.59. The number of nitrogens with one attached hydrogen (secondary N) is 2. The molecule has 1 atom stereocenters. The quantitative estimate of drug-likeness (QED) is 0.750. The second-order valence-electron chi connectivity index (χ2n) is 7.15. The lowest BCUT2D eigenvalue weighted by Crippen LogP contribution is -2.31. The SMILES string of the molecule is CC(C)C(CNC(=O)CCN=C1NS(=O)(=O)c2ccccc21)c1ccccc1. The van der Waals surface area contributed by atoms with E-state index < -0.39 is 10.0 Å². The first-order chi connectivity index (χ1) is 13.4. The molecule has 148 valence electrons. The summed E-state index contributed by atoms with van der Waals surface area (Å²) in [5.74, 6) is 0.838. The fourth-order valence-electron chi connectivity index (χ4n) is 3.27. The van der Waals surface area contributed by atoms with Crippen LogP contribution in [0.3, 0.4) is 0 Å². The molecule has 0 saturated carbocycles. The maximum Gasteiger partial charge on any atom is 0.263 e. The number of nitrogens with zero attached hydrogens (tertiary/aromatic N) is 1. The van der Waals surface area contributed by atoms with Crippen LogP contribution in [0.2, 0.25) is 0 Å². The summed E-state index contributed by atoms with van der Waals surface area (Å²) >= 11 is 0. The standard InChI is InChI=1S/C21H25N3O3S/c1-15(2)18(16-8-4-3-5-9-16)14-23-20(25)12-13-22-21-17-10-6-7-11-19(17)28(26,27)24-21/h3-11,15,18H,12-14H2,1-2H3,(H,22,24)(H,23,25). The van der Waals surface area contributed by atoms with Crippen molar-refractivity contribution < 1.29 is 13.2 Å². The maximum absolute atomic E-state index is 12.2. The summed E-state index contributed by atoms with van der Waals surface area (Å²) in [6.45, 7) is 5.06. The minimum Gasteiger partial charge on any atom is -0.355 e. The van der Waals surface area contributed by atoms with Crippen molar-refractivity contribution in [1.82, 2.24) is 10.0 Å². The Morgan fingerprint density at radius 1 is 1.07 bits per heavy atom. The highest BCUT2D eigenvalue weighted by molar-refractivity contribution is 7.90. The van der Waals surface area contributed by atoms with Crippen molar-refractivity contribution in [2.75, 3.05) is 13.1 Å². The number of amides is 1. The Hall–Kier alpha value is -2.67. The van der Waals surface area contributed by atoms with Gasteiger partial charge < -0.3 is 5.32 Å². The first-order valence-corrected chi connectivity index (χ1v) is 10.8. The minimum absolute atomic E-state index is 0.0972. The van der Waals surface area contributed by atoms with Crippen molar-refractivity contribution >= 4 is 21.8 Å². The van der Waals surface area contributed by atoms with Crippen LogP contribution in [0.15, 0.2) is 64.5 Å². The summed E-state index contributed by atoms with van der Waals surface area (Å²) in [7, 11) is -3.55. The number of fused-ring (bicyclic) bond motifs is 1. The lowest BCUT2D eigenvalue weighted by molar-refractivity contribution is -0.121. The third-order valence-corrected chi connectivity index (χ3v) is 6.22. The molecule has 1 amide bonds. The molecular weight excluding hydrogens is 374 g/mol. The van der Waals surface area contributed by atoms with Crippen LogP contribution in [0.25, 0.3) is 0 Å². The average Bonchev–Trinajstić information content (AvgIpc) is 2.93. The van der Waals surface area contributed by atoms with E-state index in [-0.39, 0.29) is 29.7 Å². The van der Waals surface area contributed by atoms with E-state index in [1.165, 1.54) is 5.56 Å². The molecule has 6 nitrogen and oxygen atoms in total. The second kappa shape index (κ2) is 8.56. The van der Waals surface area contributed by atoms with Gasteiger partial charge in [0.05, 0.1) is 11.4 Å². The Labute approximate surface area is 166 Å². The van der Waals surface area contributed by atoms with Gasteiger partial charge in [-0.2, -0.15) is 0 Å². The fraction of sp³-hybridized carbons (Fsp3) is 0.333. The van der Waals surface area contributed by atoms with Gasteiger partial charge in [-0.3, -0.25) is 14.5 Å². The third-order valence-electron chi connectivity index (χ3n) is 4.82. The van der Waals surface area contributed by atoms with Gasteiger partial charge in [0.25, 0.3) is 10.0 Å². The highest BCUT2D eigenvalue weighted by Gasteiger charge is 2.29. The molecule has 0 aromatic heterocycles. The van der Waals surface area contributed by atoms with E-state index >= 15 is 0 Å². The van der Waals surface area contributed by atoms with Crippen LogP contribution < -0.4 is 10.0 Å². The van der Waals surface area contributed by atoms with Crippen LogP contribution in [0.1, 0.15) is 37.3 Å². The van der Waals surface area contributed by atoms with E-state index in [0.29, 0.717) is 23.9 Å². The van der Waals surface area contributed by atoms with Gasteiger partial charge in [-0.1, -0.05) is 56.3 Å². The summed E-state index contributed by atoms with van der Waals surface area (Å²) in [6.07, 6.45) is 0.201. The molecule has 1 heterocycles. The Balaban J connectivity index is 1.56. The predicted octanol–water partition coefficient (Wildman–Crippen LogP) is 2.67. The van der Waals surface area contributed by atoms with Crippen LogP contribution >= 0.6 is 0 Å². The van der Waals surface area contributed by atoms with Crippen molar-refractivity contribution in [1.29, 1.82) is 0 Å². The Morgan fingerprint density at radius 2 is 1.75 bits per heavy atom. The molecule has 2 aromatic carbocycles. The van der Waals surface area contributed by atoms with Gasteiger partial charge in [0.15, 0.2) is 0 Å². The van der Waals surface area contributed by atoms with Crippen molar-refractivity contribution in [2.24, 2.45) is 10.9 Å². The molecule has 0 bridgehead atoms. The van der Waals surface area contributed by atoms with Gasteiger partial charge in [-0.15, -0.1) is 0 Å². The molecular formula is C21H25N3O3S. The number of carbonyl (C=O) groups is 1. The number of aliphatic imine (C=N–C) groups is 1. The van der Waals surface area contributed by atoms with E-state index in [0.717, 1.165) is 0 Å². The zero-order valence-electron chi connectivity index (χ0n) is 16.1. The molecule has 1 unspecified atom stereocenters. The number of benzene rings is 2. The lowest BCUT2D eigenvalue weighted by atomic mass is 9.88. The molecule has 0 radical (unpaired) electrons. The first kappa shape index (κ1) is 20.1. The van der Waals surface area contributed by atoms with Crippen molar-refractivity contribution in [3.05, 3.63) is 65.7 Å². The normalized spacial score (nSPS) is 17.2. The van der Waals surface area contributed by atoms with Gasteiger partial charge >= 0.3 is 0 Å². The molecule has 2 aromatic rings. The molecule has 0 saturated heterocycles. The van der Waals surface area contributed by atoms with E-state index in [4.69, 9.17) is 0 Å². The Morgan fingerprint density at radius 3 is 2.46 bits per heavy atom. The second-order valence-corrected chi connectivity index (χ2v) is 8.80. The summed E-state index contributed by atoms with van der Waals surface area (Å²) < 4.78 is 26.6. The van der Waals surface area contributed by atoms with Gasteiger partial charge in [0.2, 0.25) is 5.91 Å². The molecule has 1 aliphatic rings. The molecule has 7 heteroatoms. The number of amidine groups is 1. The lowest BCUT2D eigenvalue weighted by Gasteiger charge is -2.21. The fourth-order valence-corrected chi connectivity index (χ4v) is 4.52. The van der Waals surface area contributed by atoms with Gasteiger partial charge in [0, 0.05) is 24.4 Å². The van der Waals surface area contributed by atoms with Crippen LogP contribution in [0.5, 0.6) is 0 Å². The molecule has 2 N–H and O–H groups in total. The maximum atomic E-state index is 12.2. The van der Waals surface area contributed by atoms with E-state index in [1.807, 2.05) is 18.2 Å². The highest BCUT2D eigenvalue weighted by atomic mass is 32.2. The molecule has 0 aliphatic carbocycles. The number of carbonyl (C=O) groups excluding carboxylic acids is 1. The first-order valence-electron chi connectivity index (χ1n) is 9.37. The smallest absolute Gasteiger partial charge is 0.263 e. The van der Waals surface area contributed by atoms with Crippen LogP contribution in [0.4, 0.5) is 0 Å². The van der Waals surface area contributed by atoms with Crippen LogP contribution in [-0.4, -0.2) is 33.3 Å². The van der Waals surface area contributed by atoms with Crippen molar-refractivity contribution in [2.45, 2.75) is 31.1 Å². The molecule has 0 spiro atoms. The van der Waals surface area contributed by atoms with E-state index in [2.05, 4.69) is 41.0 Å². The number of hydrogen-bond donors (Lipinski definition) is 2. The van der Waals surface area contributed by atoms with Gasteiger partial charge in [-0.05, 0) is 23.6 Å². The zero-order chi connectivity index (χ0) is 20.1. The highest BCUT2D eigenvalue weighted by Crippen LogP contribution is 2.24. The van der Waals surface area contributed by atoms with Gasteiger partial charge in [0.1, 0.15) is 5.84 Å².